The third kappa shape index (κ3) is 5.03. The van der Waals surface area contributed by atoms with E-state index in [1.807, 2.05) is 44.2 Å². The molecule has 0 unspecified atom stereocenters. The Hall–Kier alpha value is -1.84. The van der Waals surface area contributed by atoms with Crippen molar-refractivity contribution in [2.45, 2.75) is 46.3 Å². The van der Waals surface area contributed by atoms with Gasteiger partial charge in [-0.25, -0.2) is 4.79 Å². The quantitative estimate of drug-likeness (QED) is 0.832. The van der Waals surface area contributed by atoms with E-state index in [4.69, 9.17) is 4.74 Å². The summed E-state index contributed by atoms with van der Waals surface area (Å²) >= 11 is 0. The first kappa shape index (κ1) is 16.2. The predicted molar refractivity (Wildman–Crippen MR) is 78.3 cm³/mol. The number of alkyl carbamates (subject to hydrolysis) is 1. The molecule has 0 saturated heterocycles. The monoisotopic (exact) mass is 277 g/mol. The molecular weight excluding hydrogens is 254 g/mol. The molecule has 1 rings (SSSR count). The van der Waals surface area contributed by atoms with Crippen LogP contribution < -0.4 is 5.32 Å². The Morgan fingerprint density at radius 1 is 1.20 bits per heavy atom. The number of ether oxygens (including phenoxy) is 1. The third-order valence-corrected chi connectivity index (χ3v) is 3.39. The molecule has 1 aromatic carbocycles. The lowest BCUT2D eigenvalue weighted by molar-refractivity contribution is -0.121. The zero-order chi connectivity index (χ0) is 15.0. The lowest BCUT2D eigenvalue weighted by atomic mass is 9.94. The number of amides is 1. The van der Waals surface area contributed by atoms with Crippen molar-refractivity contribution in [3.05, 3.63) is 35.9 Å². The maximum Gasteiger partial charge on any atom is 0.408 e. The molecule has 0 aliphatic rings. The number of benzene rings is 1. The molecule has 2 atom stereocenters. The van der Waals surface area contributed by atoms with Crippen LogP contribution in [0.2, 0.25) is 0 Å². The maximum absolute atomic E-state index is 11.9. The number of Topliss-reactive ketones (excluding diaryl/α,β-unsaturated/α-hetero) is 1. The summed E-state index contributed by atoms with van der Waals surface area (Å²) in [6.07, 6.45) is 0.699. The van der Waals surface area contributed by atoms with Crippen LogP contribution in [0.5, 0.6) is 0 Å². The van der Waals surface area contributed by atoms with E-state index in [-0.39, 0.29) is 18.3 Å². The zero-order valence-electron chi connectivity index (χ0n) is 12.4. The lowest BCUT2D eigenvalue weighted by Crippen LogP contribution is -2.45. The zero-order valence-corrected chi connectivity index (χ0v) is 12.4. The summed E-state index contributed by atoms with van der Waals surface area (Å²) in [5, 5.41) is 2.68. The summed E-state index contributed by atoms with van der Waals surface area (Å²) in [6, 6.07) is 8.99. The number of rotatable bonds is 7. The molecule has 20 heavy (non-hydrogen) atoms. The van der Waals surface area contributed by atoms with Gasteiger partial charge in [-0.2, -0.15) is 0 Å². The Kier molecular flexibility index (Phi) is 6.77. The molecule has 4 nitrogen and oxygen atoms in total. The molecule has 0 aliphatic heterocycles. The summed E-state index contributed by atoms with van der Waals surface area (Å²) < 4.78 is 5.15. The topological polar surface area (TPSA) is 55.4 Å². The fourth-order valence-corrected chi connectivity index (χ4v) is 1.89. The van der Waals surface area contributed by atoms with Crippen LogP contribution >= 0.6 is 0 Å². The highest BCUT2D eigenvalue weighted by molar-refractivity contribution is 5.87. The first-order valence-electron chi connectivity index (χ1n) is 7.08. The van der Waals surface area contributed by atoms with Crippen LogP contribution in [0.3, 0.4) is 0 Å². The van der Waals surface area contributed by atoms with Crippen molar-refractivity contribution in [2.24, 2.45) is 5.92 Å². The largest absolute Gasteiger partial charge is 0.445 e. The molecule has 0 spiro atoms. The van der Waals surface area contributed by atoms with E-state index in [0.29, 0.717) is 6.42 Å². The van der Waals surface area contributed by atoms with Gasteiger partial charge in [-0.1, -0.05) is 57.5 Å². The van der Waals surface area contributed by atoms with E-state index < -0.39 is 12.1 Å². The third-order valence-electron chi connectivity index (χ3n) is 3.39. The molecule has 0 saturated carbocycles. The van der Waals surface area contributed by atoms with Crippen LogP contribution in [-0.2, 0) is 16.1 Å². The van der Waals surface area contributed by atoms with Crippen LogP contribution in [0.4, 0.5) is 4.79 Å². The number of hydrogen-bond donors (Lipinski definition) is 1. The average Bonchev–Trinajstić information content (AvgIpc) is 2.50. The second-order valence-electron chi connectivity index (χ2n) is 4.89. The summed E-state index contributed by atoms with van der Waals surface area (Å²) in [5.74, 6) is 0.141. The smallest absolute Gasteiger partial charge is 0.408 e. The Morgan fingerprint density at radius 3 is 2.40 bits per heavy atom. The second kappa shape index (κ2) is 8.35. The number of carbonyl (C=O) groups is 2. The summed E-state index contributed by atoms with van der Waals surface area (Å²) in [5.41, 5.74) is 0.921. The SMILES string of the molecule is CCC(=O)[C@H](NC(=O)OCc1ccccc1)[C@@H](C)CC. The van der Waals surface area contributed by atoms with Crippen molar-refractivity contribution in [3.63, 3.8) is 0 Å². The Morgan fingerprint density at radius 2 is 1.85 bits per heavy atom. The van der Waals surface area contributed by atoms with Gasteiger partial charge in [-0.15, -0.1) is 0 Å². The normalized spacial score (nSPS) is 13.3. The lowest BCUT2D eigenvalue weighted by Gasteiger charge is -2.22. The molecule has 1 N–H and O–H groups in total. The molecule has 1 aromatic rings. The molecule has 110 valence electrons. The van der Waals surface area contributed by atoms with E-state index in [1.165, 1.54) is 0 Å². The van der Waals surface area contributed by atoms with Crippen molar-refractivity contribution >= 4 is 11.9 Å². The van der Waals surface area contributed by atoms with Gasteiger partial charge in [0.2, 0.25) is 0 Å². The Balaban J connectivity index is 2.51. The van der Waals surface area contributed by atoms with Crippen LogP contribution in [0.25, 0.3) is 0 Å². The van der Waals surface area contributed by atoms with Crippen LogP contribution in [0.1, 0.15) is 39.2 Å². The van der Waals surface area contributed by atoms with E-state index >= 15 is 0 Å². The van der Waals surface area contributed by atoms with Gasteiger partial charge in [-0.3, -0.25) is 4.79 Å². The van der Waals surface area contributed by atoms with Gasteiger partial charge < -0.3 is 10.1 Å². The van der Waals surface area contributed by atoms with Gasteiger partial charge in [0.1, 0.15) is 6.61 Å². The van der Waals surface area contributed by atoms with Crippen molar-refractivity contribution < 1.29 is 14.3 Å². The fraction of sp³-hybridized carbons (Fsp3) is 0.500. The molecule has 0 fully saturated rings. The van der Waals surface area contributed by atoms with E-state index in [0.717, 1.165) is 12.0 Å². The van der Waals surface area contributed by atoms with Gasteiger partial charge in [0.05, 0.1) is 6.04 Å². The summed E-state index contributed by atoms with van der Waals surface area (Å²) in [6.45, 7) is 5.96. The standard InChI is InChI=1S/C16H23NO3/c1-4-12(3)15(14(18)5-2)17-16(19)20-11-13-9-7-6-8-10-13/h6-10,12,15H,4-5,11H2,1-3H3,(H,17,19)/t12-,15+/m0/s1. The Bertz CT molecular complexity index is 431. The molecular formula is C16H23NO3. The highest BCUT2D eigenvalue weighted by Crippen LogP contribution is 2.11. The maximum atomic E-state index is 11.9. The van der Waals surface area contributed by atoms with E-state index in [1.54, 1.807) is 6.92 Å². The number of hydrogen-bond acceptors (Lipinski definition) is 3. The summed E-state index contributed by atoms with van der Waals surface area (Å²) in [7, 11) is 0. The second-order valence-corrected chi connectivity index (χ2v) is 4.89. The van der Waals surface area contributed by atoms with Gasteiger partial charge in [0.15, 0.2) is 5.78 Å². The Labute approximate surface area is 120 Å². The number of carbonyl (C=O) groups excluding carboxylic acids is 2. The fourth-order valence-electron chi connectivity index (χ4n) is 1.89. The van der Waals surface area contributed by atoms with Crippen LogP contribution in [-0.4, -0.2) is 17.9 Å². The van der Waals surface area contributed by atoms with Crippen molar-refractivity contribution in [1.29, 1.82) is 0 Å². The van der Waals surface area contributed by atoms with Crippen LogP contribution in [0, 0.1) is 5.92 Å². The average molecular weight is 277 g/mol. The van der Waals surface area contributed by atoms with Gasteiger partial charge in [0, 0.05) is 6.42 Å². The molecule has 0 aromatic heterocycles. The number of ketones is 1. The first-order chi connectivity index (χ1) is 9.58. The minimum atomic E-state index is -0.541. The van der Waals surface area contributed by atoms with Crippen molar-refractivity contribution in [3.8, 4) is 0 Å². The highest BCUT2D eigenvalue weighted by Gasteiger charge is 2.24. The molecule has 0 bridgehead atoms. The molecule has 1 amide bonds. The number of nitrogens with one attached hydrogen (secondary N) is 1. The minimum absolute atomic E-state index is 0.0380. The van der Waals surface area contributed by atoms with E-state index in [2.05, 4.69) is 5.32 Å². The van der Waals surface area contributed by atoms with Gasteiger partial charge >= 0.3 is 6.09 Å². The molecule has 0 heterocycles. The van der Waals surface area contributed by atoms with Crippen molar-refractivity contribution in [1.82, 2.24) is 5.32 Å². The molecule has 0 radical (unpaired) electrons. The first-order valence-corrected chi connectivity index (χ1v) is 7.08. The highest BCUT2D eigenvalue weighted by atomic mass is 16.5. The van der Waals surface area contributed by atoms with E-state index in [9.17, 15) is 9.59 Å². The molecule has 0 aliphatic carbocycles. The van der Waals surface area contributed by atoms with Crippen molar-refractivity contribution in [2.75, 3.05) is 0 Å². The van der Waals surface area contributed by atoms with Crippen LogP contribution in [0.15, 0.2) is 30.3 Å². The molecule has 4 heteroatoms. The minimum Gasteiger partial charge on any atom is -0.445 e. The van der Waals surface area contributed by atoms with Gasteiger partial charge in [-0.05, 0) is 11.5 Å². The summed E-state index contributed by atoms with van der Waals surface area (Å²) in [4.78, 5) is 23.6. The van der Waals surface area contributed by atoms with Gasteiger partial charge in [0.25, 0.3) is 0 Å². The predicted octanol–water partition coefficient (Wildman–Crippen LogP) is 3.31.